The van der Waals surface area contributed by atoms with E-state index in [4.69, 9.17) is 0 Å². The van der Waals surface area contributed by atoms with Crippen LogP contribution in [0.4, 0.5) is 5.69 Å². The molecule has 2 heterocycles. The number of amides is 1. The Morgan fingerprint density at radius 2 is 2.32 bits per heavy atom. The third-order valence-electron chi connectivity index (χ3n) is 2.65. The van der Waals surface area contributed by atoms with E-state index in [-0.39, 0.29) is 5.91 Å². The molecule has 0 atom stereocenters. The highest BCUT2D eigenvalue weighted by molar-refractivity contribution is 5.99. The van der Waals surface area contributed by atoms with Gasteiger partial charge in [-0.3, -0.25) is 9.78 Å². The van der Waals surface area contributed by atoms with E-state index in [0.717, 1.165) is 12.2 Å². The van der Waals surface area contributed by atoms with E-state index >= 15 is 0 Å². The first kappa shape index (κ1) is 13.0. The second-order valence-electron chi connectivity index (χ2n) is 3.99. The van der Waals surface area contributed by atoms with Gasteiger partial charge in [-0.05, 0) is 13.0 Å². The van der Waals surface area contributed by atoms with E-state index in [1.807, 2.05) is 14.0 Å². The van der Waals surface area contributed by atoms with Crippen LogP contribution in [-0.2, 0) is 13.6 Å². The van der Waals surface area contributed by atoms with Crippen molar-refractivity contribution < 1.29 is 4.79 Å². The molecule has 0 aliphatic heterocycles. The van der Waals surface area contributed by atoms with Crippen molar-refractivity contribution in [2.75, 3.05) is 11.9 Å². The van der Waals surface area contributed by atoms with Crippen LogP contribution in [0.3, 0.4) is 0 Å². The summed E-state index contributed by atoms with van der Waals surface area (Å²) in [5.74, 6) is 0.536. The smallest absolute Gasteiger partial charge is 0.253 e. The Balaban J connectivity index is 2.06. The molecule has 7 nitrogen and oxygen atoms in total. The van der Waals surface area contributed by atoms with Gasteiger partial charge < -0.3 is 15.2 Å². The van der Waals surface area contributed by atoms with Crippen LogP contribution in [0.1, 0.15) is 23.1 Å². The maximum absolute atomic E-state index is 12.1. The van der Waals surface area contributed by atoms with Crippen LogP contribution >= 0.6 is 0 Å². The van der Waals surface area contributed by atoms with Crippen LogP contribution in [-0.4, -0.2) is 32.2 Å². The number of hydrogen-bond acceptors (Lipinski definition) is 5. The highest BCUT2D eigenvalue weighted by Crippen LogP contribution is 2.12. The molecule has 0 radical (unpaired) electrons. The van der Waals surface area contributed by atoms with E-state index in [1.165, 1.54) is 0 Å². The second kappa shape index (κ2) is 5.94. The van der Waals surface area contributed by atoms with Crippen molar-refractivity contribution >= 4 is 11.6 Å². The zero-order valence-electron chi connectivity index (χ0n) is 10.9. The monoisotopic (exact) mass is 260 g/mol. The molecule has 0 saturated heterocycles. The van der Waals surface area contributed by atoms with Gasteiger partial charge >= 0.3 is 0 Å². The Morgan fingerprint density at radius 1 is 1.47 bits per heavy atom. The highest BCUT2D eigenvalue weighted by atomic mass is 16.1. The van der Waals surface area contributed by atoms with Gasteiger partial charge in [-0.2, -0.15) is 0 Å². The average Bonchev–Trinajstić information content (AvgIpc) is 2.82. The molecular weight excluding hydrogens is 244 g/mol. The van der Waals surface area contributed by atoms with Crippen molar-refractivity contribution in [3.8, 4) is 0 Å². The number of carbonyl (C=O) groups is 1. The lowest BCUT2D eigenvalue weighted by Crippen LogP contribution is -2.25. The summed E-state index contributed by atoms with van der Waals surface area (Å²) in [6, 6.07) is 1.68. The lowest BCUT2D eigenvalue weighted by molar-refractivity contribution is 0.0950. The average molecular weight is 260 g/mol. The van der Waals surface area contributed by atoms with Crippen LogP contribution in [0.15, 0.2) is 24.8 Å². The van der Waals surface area contributed by atoms with Crippen LogP contribution in [0.2, 0.25) is 0 Å². The quantitative estimate of drug-likeness (QED) is 0.821. The number of nitrogens with one attached hydrogen (secondary N) is 2. The fraction of sp³-hybridized carbons (Fsp3) is 0.333. The first-order valence-electron chi connectivity index (χ1n) is 6.01. The van der Waals surface area contributed by atoms with Gasteiger partial charge in [0.1, 0.15) is 6.33 Å². The molecule has 0 aliphatic carbocycles. The SMILES string of the molecule is CCNc1cnccc1C(=O)NCc1nncn1C. The van der Waals surface area contributed by atoms with E-state index in [9.17, 15) is 4.79 Å². The zero-order chi connectivity index (χ0) is 13.7. The number of carbonyl (C=O) groups excluding carboxylic acids is 1. The van der Waals surface area contributed by atoms with Gasteiger partial charge in [0.2, 0.25) is 0 Å². The Hall–Kier alpha value is -2.44. The second-order valence-corrected chi connectivity index (χ2v) is 3.99. The first-order valence-corrected chi connectivity index (χ1v) is 6.01. The summed E-state index contributed by atoms with van der Waals surface area (Å²) in [5.41, 5.74) is 1.29. The normalized spacial score (nSPS) is 10.2. The minimum absolute atomic E-state index is 0.165. The molecule has 2 rings (SSSR count). The van der Waals surface area contributed by atoms with E-state index in [0.29, 0.717) is 17.9 Å². The Kier molecular flexibility index (Phi) is 4.07. The molecule has 1 amide bonds. The molecule has 0 spiro atoms. The van der Waals surface area contributed by atoms with Gasteiger partial charge in [-0.25, -0.2) is 0 Å². The summed E-state index contributed by atoms with van der Waals surface area (Å²) in [4.78, 5) is 16.1. The lowest BCUT2D eigenvalue weighted by atomic mass is 10.2. The highest BCUT2D eigenvalue weighted by Gasteiger charge is 2.11. The van der Waals surface area contributed by atoms with Crippen LogP contribution in [0.25, 0.3) is 0 Å². The lowest BCUT2D eigenvalue weighted by Gasteiger charge is -2.10. The fourth-order valence-electron chi connectivity index (χ4n) is 1.65. The Bertz CT molecular complexity index is 565. The number of hydrogen-bond donors (Lipinski definition) is 2. The van der Waals surface area contributed by atoms with Gasteiger partial charge in [0.15, 0.2) is 5.82 Å². The summed E-state index contributed by atoms with van der Waals surface area (Å²) in [6.45, 7) is 3.03. The summed E-state index contributed by atoms with van der Waals surface area (Å²) in [6.07, 6.45) is 4.83. The number of aromatic nitrogens is 4. The van der Waals surface area contributed by atoms with Crippen LogP contribution in [0, 0.1) is 0 Å². The van der Waals surface area contributed by atoms with Crippen molar-refractivity contribution in [2.45, 2.75) is 13.5 Å². The van der Waals surface area contributed by atoms with Gasteiger partial charge in [-0.1, -0.05) is 0 Å². The molecule has 100 valence electrons. The minimum Gasteiger partial charge on any atom is -0.383 e. The summed E-state index contributed by atoms with van der Waals surface area (Å²) < 4.78 is 1.76. The molecular formula is C12H16N6O. The number of anilines is 1. The summed E-state index contributed by atoms with van der Waals surface area (Å²) in [5, 5.41) is 13.6. The number of pyridine rings is 1. The van der Waals surface area contributed by atoms with E-state index in [2.05, 4.69) is 25.8 Å². The molecule has 0 bridgehead atoms. The van der Waals surface area contributed by atoms with E-state index in [1.54, 1.807) is 29.4 Å². The maximum Gasteiger partial charge on any atom is 0.253 e. The predicted molar refractivity (Wildman–Crippen MR) is 70.6 cm³/mol. The molecule has 7 heteroatoms. The summed E-state index contributed by atoms with van der Waals surface area (Å²) >= 11 is 0. The van der Waals surface area contributed by atoms with E-state index < -0.39 is 0 Å². The van der Waals surface area contributed by atoms with Crippen LogP contribution in [0.5, 0.6) is 0 Å². The van der Waals surface area contributed by atoms with Crippen molar-refractivity contribution in [2.24, 2.45) is 7.05 Å². The molecule has 2 aromatic heterocycles. The number of rotatable bonds is 5. The largest absolute Gasteiger partial charge is 0.383 e. The fourth-order valence-corrected chi connectivity index (χ4v) is 1.65. The number of nitrogens with zero attached hydrogens (tertiary/aromatic N) is 4. The molecule has 0 aliphatic rings. The van der Waals surface area contributed by atoms with Crippen molar-refractivity contribution in [3.05, 3.63) is 36.2 Å². The predicted octanol–water partition coefficient (Wildman–Crippen LogP) is 0.572. The third kappa shape index (κ3) is 3.06. The molecule has 0 saturated carbocycles. The van der Waals surface area contributed by atoms with Crippen LogP contribution < -0.4 is 10.6 Å². The molecule has 0 aromatic carbocycles. The maximum atomic E-state index is 12.1. The zero-order valence-corrected chi connectivity index (χ0v) is 10.9. The third-order valence-corrected chi connectivity index (χ3v) is 2.65. The molecule has 0 fully saturated rings. The number of aryl methyl sites for hydroxylation is 1. The van der Waals surface area contributed by atoms with Crippen molar-refractivity contribution in [3.63, 3.8) is 0 Å². The topological polar surface area (TPSA) is 84.7 Å². The van der Waals surface area contributed by atoms with Gasteiger partial charge in [0, 0.05) is 19.8 Å². The first-order chi connectivity index (χ1) is 9.22. The standard InChI is InChI=1S/C12H16N6O/c1-3-14-10-6-13-5-4-9(10)12(19)15-7-11-17-16-8-18(11)2/h4-6,8,14H,3,7H2,1-2H3,(H,15,19). The Labute approximate surface area is 111 Å². The molecule has 0 unspecified atom stereocenters. The Morgan fingerprint density at radius 3 is 3.00 bits per heavy atom. The van der Waals surface area contributed by atoms with Gasteiger partial charge in [-0.15, -0.1) is 10.2 Å². The molecule has 2 aromatic rings. The summed E-state index contributed by atoms with van der Waals surface area (Å²) in [7, 11) is 1.83. The molecule has 19 heavy (non-hydrogen) atoms. The van der Waals surface area contributed by atoms with Crippen molar-refractivity contribution in [1.82, 2.24) is 25.1 Å². The van der Waals surface area contributed by atoms with Crippen molar-refractivity contribution in [1.29, 1.82) is 0 Å². The molecule has 2 N–H and O–H groups in total. The van der Waals surface area contributed by atoms with Gasteiger partial charge in [0.25, 0.3) is 5.91 Å². The van der Waals surface area contributed by atoms with Gasteiger partial charge in [0.05, 0.1) is 24.0 Å². The minimum atomic E-state index is -0.165.